The van der Waals surface area contributed by atoms with E-state index in [1.165, 1.54) is 57.8 Å². The van der Waals surface area contributed by atoms with Gasteiger partial charge in [-0.25, -0.2) is 0 Å². The van der Waals surface area contributed by atoms with Gasteiger partial charge in [0.2, 0.25) is 0 Å². The van der Waals surface area contributed by atoms with E-state index in [9.17, 15) is 4.79 Å². The molecule has 4 aliphatic rings. The maximum atomic E-state index is 12.4. The molecular weight excluding hydrogens is 420 g/mol. The van der Waals surface area contributed by atoms with E-state index in [1.807, 2.05) is 0 Å². The van der Waals surface area contributed by atoms with Crippen LogP contribution >= 0.6 is 15.9 Å². The van der Waals surface area contributed by atoms with E-state index >= 15 is 0 Å². The van der Waals surface area contributed by atoms with Crippen LogP contribution in [0.2, 0.25) is 0 Å². The number of halogens is 1. The summed E-state index contributed by atoms with van der Waals surface area (Å²) in [5, 5.41) is 0. The second kappa shape index (κ2) is 8.25. The normalized spacial score (nSPS) is 48.2. The fraction of sp³-hybridized carbons (Fsp3) is 0.963. The smallest absolute Gasteiger partial charge is 0.146 e. The van der Waals surface area contributed by atoms with Gasteiger partial charge in [-0.1, -0.05) is 69.8 Å². The first-order chi connectivity index (χ1) is 13.7. The van der Waals surface area contributed by atoms with Crippen molar-refractivity contribution in [3.63, 3.8) is 0 Å². The zero-order valence-electron chi connectivity index (χ0n) is 19.7. The van der Waals surface area contributed by atoms with Gasteiger partial charge in [0, 0.05) is 6.42 Å². The van der Waals surface area contributed by atoms with Crippen molar-refractivity contribution in [1.29, 1.82) is 0 Å². The minimum atomic E-state index is 0.132. The molecule has 4 fully saturated rings. The van der Waals surface area contributed by atoms with Crippen molar-refractivity contribution in [2.75, 3.05) is 0 Å². The zero-order valence-corrected chi connectivity index (χ0v) is 21.3. The Hall–Kier alpha value is 0.150. The summed E-state index contributed by atoms with van der Waals surface area (Å²) in [5.41, 5.74) is 0.979. The third-order valence-corrected chi connectivity index (χ3v) is 11.9. The van der Waals surface area contributed by atoms with Crippen LogP contribution in [-0.2, 0) is 4.79 Å². The lowest BCUT2D eigenvalue weighted by Gasteiger charge is -2.61. The molecule has 0 spiro atoms. The topological polar surface area (TPSA) is 17.1 Å². The molecule has 0 radical (unpaired) electrons. The Labute approximate surface area is 188 Å². The number of hydrogen-bond acceptors (Lipinski definition) is 1. The van der Waals surface area contributed by atoms with Crippen molar-refractivity contribution in [3.05, 3.63) is 0 Å². The third kappa shape index (κ3) is 3.70. The molecule has 1 nitrogen and oxygen atoms in total. The van der Waals surface area contributed by atoms with Gasteiger partial charge in [0.05, 0.1) is 4.83 Å². The van der Waals surface area contributed by atoms with E-state index in [2.05, 4.69) is 50.5 Å². The van der Waals surface area contributed by atoms with Crippen LogP contribution in [0.4, 0.5) is 0 Å². The molecule has 0 aromatic carbocycles. The molecule has 0 aromatic heterocycles. The van der Waals surface area contributed by atoms with E-state index in [0.717, 1.165) is 48.3 Å². The van der Waals surface area contributed by atoms with Crippen LogP contribution in [0.3, 0.4) is 0 Å². The Balaban J connectivity index is 1.48. The lowest BCUT2D eigenvalue weighted by atomic mass is 9.44. The van der Waals surface area contributed by atoms with Gasteiger partial charge in [-0.2, -0.15) is 0 Å². The van der Waals surface area contributed by atoms with Crippen molar-refractivity contribution in [2.45, 2.75) is 110 Å². The summed E-state index contributed by atoms with van der Waals surface area (Å²) in [4.78, 5) is 12.5. The van der Waals surface area contributed by atoms with Crippen molar-refractivity contribution >= 4 is 21.7 Å². The van der Waals surface area contributed by atoms with Gasteiger partial charge in [-0.05, 0) is 97.2 Å². The molecule has 2 unspecified atom stereocenters. The van der Waals surface area contributed by atoms with Crippen LogP contribution < -0.4 is 0 Å². The molecular formula is C27H45BrO. The minimum absolute atomic E-state index is 0.132. The molecule has 4 rings (SSSR count). The van der Waals surface area contributed by atoms with E-state index in [0.29, 0.717) is 22.5 Å². The Morgan fingerprint density at radius 3 is 2.31 bits per heavy atom. The summed E-state index contributed by atoms with van der Waals surface area (Å²) in [6.07, 6.45) is 14.7. The largest absolute Gasteiger partial charge is 0.298 e. The monoisotopic (exact) mass is 464 g/mol. The summed E-state index contributed by atoms with van der Waals surface area (Å²) in [6.45, 7) is 12.6. The maximum Gasteiger partial charge on any atom is 0.146 e. The van der Waals surface area contributed by atoms with E-state index in [1.54, 1.807) is 0 Å². The third-order valence-electron chi connectivity index (χ3n) is 10.7. The quantitative estimate of drug-likeness (QED) is 0.375. The van der Waals surface area contributed by atoms with Crippen LogP contribution in [-0.4, -0.2) is 10.6 Å². The molecule has 2 heteroatoms. The fourth-order valence-electron chi connectivity index (χ4n) is 9.12. The number of rotatable bonds is 5. The highest BCUT2D eigenvalue weighted by atomic mass is 79.9. The minimum Gasteiger partial charge on any atom is -0.298 e. The maximum absolute atomic E-state index is 12.4. The molecule has 0 aliphatic heterocycles. The van der Waals surface area contributed by atoms with Gasteiger partial charge in [0.15, 0.2) is 0 Å². The molecule has 0 aromatic rings. The van der Waals surface area contributed by atoms with E-state index in [4.69, 9.17) is 0 Å². The van der Waals surface area contributed by atoms with Gasteiger partial charge in [0.25, 0.3) is 0 Å². The zero-order chi connectivity index (χ0) is 21.0. The van der Waals surface area contributed by atoms with Crippen LogP contribution in [0.1, 0.15) is 105 Å². The SMILES string of the molecule is CC(C)CCC[C@@H](C)[C@H]1CC[C@H]2[C@@H]3CCC4C(Br)C(=O)CC[C@]4(C)[C@H]3CC[C@]12C. The van der Waals surface area contributed by atoms with Gasteiger partial charge in [-0.3, -0.25) is 4.79 Å². The molecule has 0 saturated heterocycles. The van der Waals surface area contributed by atoms with Crippen LogP contribution in [0.5, 0.6) is 0 Å². The van der Waals surface area contributed by atoms with E-state index in [-0.39, 0.29) is 4.83 Å². The first-order valence-corrected chi connectivity index (χ1v) is 13.8. The molecule has 0 heterocycles. The first kappa shape index (κ1) is 22.3. The second-order valence-electron chi connectivity index (χ2n) is 12.5. The highest BCUT2D eigenvalue weighted by Crippen LogP contribution is 2.68. The van der Waals surface area contributed by atoms with Crippen LogP contribution in [0.25, 0.3) is 0 Å². The first-order valence-electron chi connectivity index (χ1n) is 12.8. The summed E-state index contributed by atoms with van der Waals surface area (Å²) >= 11 is 3.83. The molecule has 9 atom stereocenters. The number of carbonyl (C=O) groups excluding carboxylic acids is 1. The molecule has 0 bridgehead atoms. The number of fused-ring (bicyclic) bond motifs is 5. The Kier molecular flexibility index (Phi) is 6.36. The van der Waals surface area contributed by atoms with Gasteiger partial charge in [-0.15, -0.1) is 0 Å². The van der Waals surface area contributed by atoms with Crippen molar-refractivity contribution in [1.82, 2.24) is 0 Å². The summed E-state index contributed by atoms with van der Waals surface area (Å²) in [6, 6.07) is 0. The Morgan fingerprint density at radius 1 is 0.897 bits per heavy atom. The molecule has 166 valence electrons. The van der Waals surface area contributed by atoms with Gasteiger partial charge < -0.3 is 0 Å². The van der Waals surface area contributed by atoms with Crippen molar-refractivity contribution in [3.8, 4) is 0 Å². The summed E-state index contributed by atoms with van der Waals surface area (Å²) in [7, 11) is 0. The Bertz CT molecular complexity index is 614. The average Bonchev–Trinajstić information content (AvgIpc) is 3.02. The number of ketones is 1. The predicted molar refractivity (Wildman–Crippen MR) is 126 cm³/mol. The van der Waals surface area contributed by atoms with Gasteiger partial charge in [0.1, 0.15) is 5.78 Å². The Morgan fingerprint density at radius 2 is 1.59 bits per heavy atom. The lowest BCUT2D eigenvalue weighted by molar-refractivity contribution is -0.138. The molecule has 4 saturated carbocycles. The molecule has 0 amide bonds. The summed E-state index contributed by atoms with van der Waals surface area (Å²) < 4.78 is 0. The number of Topliss-reactive ketones (excluding diaryl/α,β-unsaturated/α-hetero) is 1. The number of carbonyl (C=O) groups is 1. The standard InChI is InChI=1S/C27H45BrO/c1-17(2)7-6-8-18(3)20-11-12-21-19-9-10-23-25(28)24(29)14-16-27(23,5)22(19)13-15-26(20,21)4/h17-23,25H,6-16H2,1-5H3/t18-,19+,20-,21+,22+,23?,25?,26-,27-/m1/s1. The average molecular weight is 466 g/mol. The number of hydrogen-bond donors (Lipinski definition) is 0. The van der Waals surface area contributed by atoms with Gasteiger partial charge >= 0.3 is 0 Å². The van der Waals surface area contributed by atoms with Crippen LogP contribution in [0, 0.1) is 52.3 Å². The predicted octanol–water partition coefficient (Wildman–Crippen LogP) is 8.05. The molecule has 4 aliphatic carbocycles. The summed E-state index contributed by atoms with van der Waals surface area (Å²) in [5.74, 6) is 6.49. The van der Waals surface area contributed by atoms with Crippen molar-refractivity contribution in [2.24, 2.45) is 52.3 Å². The van der Waals surface area contributed by atoms with Crippen molar-refractivity contribution < 1.29 is 4.79 Å². The lowest BCUT2D eigenvalue weighted by Crippen LogP contribution is -2.56. The van der Waals surface area contributed by atoms with Crippen LogP contribution in [0.15, 0.2) is 0 Å². The molecule has 29 heavy (non-hydrogen) atoms. The van der Waals surface area contributed by atoms with E-state index < -0.39 is 0 Å². The number of alkyl halides is 1. The molecule has 0 N–H and O–H groups in total. The highest BCUT2D eigenvalue weighted by molar-refractivity contribution is 9.10. The fourth-order valence-corrected chi connectivity index (χ4v) is 10.2. The highest BCUT2D eigenvalue weighted by Gasteiger charge is 2.61. The second-order valence-corrected chi connectivity index (χ2v) is 13.5.